The number of nitrogens with zero attached hydrogens (tertiary/aromatic N) is 2. The molecule has 0 fully saturated rings. The summed E-state index contributed by atoms with van der Waals surface area (Å²) in [5.41, 5.74) is 0.0515. The molecule has 0 radical (unpaired) electrons. The fraction of sp³-hybridized carbons (Fsp3) is 0. The lowest BCUT2D eigenvalue weighted by Gasteiger charge is -2.06. The topological polar surface area (TPSA) is 82.3 Å². The summed E-state index contributed by atoms with van der Waals surface area (Å²) in [6.45, 7) is 0. The molecule has 6 heteroatoms. The van der Waals surface area contributed by atoms with Crippen LogP contribution in [0.4, 0.5) is 5.69 Å². The lowest BCUT2D eigenvalue weighted by atomic mass is 10.3. The van der Waals surface area contributed by atoms with Crippen LogP contribution < -0.4 is 4.74 Å². The highest BCUT2D eigenvalue weighted by Crippen LogP contribution is 2.30. The van der Waals surface area contributed by atoms with Crippen molar-refractivity contribution in [3.05, 3.63) is 58.3 Å². The van der Waals surface area contributed by atoms with Gasteiger partial charge in [-0.1, -0.05) is 12.1 Å². The summed E-state index contributed by atoms with van der Waals surface area (Å²) in [5, 5.41) is 10.8. The van der Waals surface area contributed by atoms with E-state index in [0.717, 1.165) is 0 Å². The van der Waals surface area contributed by atoms with Crippen molar-refractivity contribution in [2.24, 2.45) is 0 Å². The molecule has 0 aliphatic heterocycles. The third kappa shape index (κ3) is 2.32. The number of nitro groups is 1. The van der Waals surface area contributed by atoms with E-state index < -0.39 is 4.92 Å². The van der Waals surface area contributed by atoms with Crippen molar-refractivity contribution >= 4 is 12.0 Å². The molecule has 2 rings (SSSR count). The number of hydrogen-bond donors (Lipinski definition) is 0. The maximum Gasteiger partial charge on any atom is 0.311 e. The van der Waals surface area contributed by atoms with Crippen molar-refractivity contribution in [3.8, 4) is 11.6 Å². The lowest BCUT2D eigenvalue weighted by molar-refractivity contribution is -0.385. The second kappa shape index (κ2) is 5.05. The van der Waals surface area contributed by atoms with Gasteiger partial charge in [-0.05, 0) is 18.2 Å². The molecule has 1 aromatic heterocycles. The minimum absolute atomic E-state index is 0.0433. The molecule has 0 spiro atoms. The van der Waals surface area contributed by atoms with E-state index in [9.17, 15) is 14.9 Å². The molecule has 0 aliphatic rings. The summed E-state index contributed by atoms with van der Waals surface area (Å²) in [4.78, 5) is 24.9. The van der Waals surface area contributed by atoms with Crippen molar-refractivity contribution in [3.63, 3.8) is 0 Å². The van der Waals surface area contributed by atoms with E-state index in [1.54, 1.807) is 12.1 Å². The maximum absolute atomic E-state index is 10.8. The number of aromatic nitrogens is 1. The Morgan fingerprint density at radius 3 is 2.72 bits per heavy atom. The average Bonchev–Trinajstić information content (AvgIpc) is 2.40. The van der Waals surface area contributed by atoms with Crippen LogP contribution in [0, 0.1) is 10.1 Å². The smallest absolute Gasteiger partial charge is 0.311 e. The molecular formula is C12H8N2O4. The fourth-order valence-corrected chi connectivity index (χ4v) is 1.38. The van der Waals surface area contributed by atoms with Crippen LogP contribution in [-0.2, 0) is 0 Å². The Balaban J connectivity index is 2.40. The average molecular weight is 244 g/mol. The monoisotopic (exact) mass is 244 g/mol. The number of rotatable bonds is 4. The molecule has 0 aliphatic carbocycles. The van der Waals surface area contributed by atoms with E-state index in [1.165, 1.54) is 30.5 Å². The van der Waals surface area contributed by atoms with Crippen LogP contribution in [0.15, 0.2) is 42.6 Å². The summed E-state index contributed by atoms with van der Waals surface area (Å²) in [5.74, 6) is 0.0890. The molecule has 0 saturated carbocycles. The molecule has 0 amide bonds. The molecule has 90 valence electrons. The Bertz CT molecular complexity index is 598. The predicted molar refractivity (Wildman–Crippen MR) is 62.8 cm³/mol. The molecule has 0 bridgehead atoms. The molecule has 0 N–H and O–H groups in total. The number of ether oxygens (including phenoxy) is 1. The first-order chi connectivity index (χ1) is 8.72. The van der Waals surface area contributed by atoms with E-state index in [2.05, 4.69) is 4.98 Å². The molecule has 2 aromatic rings. The Kier molecular flexibility index (Phi) is 3.29. The van der Waals surface area contributed by atoms with Crippen molar-refractivity contribution < 1.29 is 14.5 Å². The van der Waals surface area contributed by atoms with Gasteiger partial charge in [0.1, 0.15) is 0 Å². The van der Waals surface area contributed by atoms with Gasteiger partial charge in [0, 0.05) is 12.3 Å². The Morgan fingerprint density at radius 1 is 1.22 bits per heavy atom. The van der Waals surface area contributed by atoms with Gasteiger partial charge in [-0.25, -0.2) is 4.98 Å². The normalized spacial score (nSPS) is 9.78. The van der Waals surface area contributed by atoms with Gasteiger partial charge >= 0.3 is 5.69 Å². The highest BCUT2D eigenvalue weighted by atomic mass is 16.6. The van der Waals surface area contributed by atoms with Gasteiger partial charge in [-0.2, -0.15) is 0 Å². The first-order valence-electron chi connectivity index (χ1n) is 5.04. The zero-order chi connectivity index (χ0) is 13.0. The quantitative estimate of drug-likeness (QED) is 0.469. The molecule has 18 heavy (non-hydrogen) atoms. The van der Waals surface area contributed by atoms with Crippen LogP contribution in [-0.4, -0.2) is 16.2 Å². The number of hydrogen-bond acceptors (Lipinski definition) is 5. The largest absolute Gasteiger partial charge is 0.431 e. The Hall–Kier alpha value is -2.76. The molecule has 0 saturated heterocycles. The van der Waals surface area contributed by atoms with Crippen molar-refractivity contribution in [2.45, 2.75) is 0 Å². The van der Waals surface area contributed by atoms with Gasteiger partial charge in [-0.3, -0.25) is 14.9 Å². The van der Waals surface area contributed by atoms with Crippen molar-refractivity contribution in [1.29, 1.82) is 0 Å². The fourth-order valence-electron chi connectivity index (χ4n) is 1.38. The minimum Gasteiger partial charge on any atom is -0.431 e. The molecule has 6 nitrogen and oxygen atoms in total. The second-order valence-corrected chi connectivity index (χ2v) is 3.34. The number of carbonyl (C=O) groups is 1. The van der Waals surface area contributed by atoms with Crippen LogP contribution in [0.5, 0.6) is 11.6 Å². The first-order valence-corrected chi connectivity index (χ1v) is 5.04. The molecule has 1 heterocycles. The standard InChI is InChI=1S/C12H8N2O4/c15-8-9-4-3-7-13-12(9)18-11-6-2-1-5-10(11)14(16)17/h1-8H. The zero-order valence-electron chi connectivity index (χ0n) is 9.15. The highest BCUT2D eigenvalue weighted by Gasteiger charge is 2.16. The first kappa shape index (κ1) is 11.7. The Labute approximate surface area is 102 Å². The van der Waals surface area contributed by atoms with Crippen LogP contribution >= 0.6 is 0 Å². The van der Waals surface area contributed by atoms with Crippen molar-refractivity contribution in [1.82, 2.24) is 4.98 Å². The van der Waals surface area contributed by atoms with Gasteiger partial charge < -0.3 is 4.74 Å². The van der Waals surface area contributed by atoms with E-state index in [1.807, 2.05) is 0 Å². The lowest BCUT2D eigenvalue weighted by Crippen LogP contribution is -1.96. The third-order valence-corrected chi connectivity index (χ3v) is 2.20. The predicted octanol–water partition coefficient (Wildman–Crippen LogP) is 2.59. The van der Waals surface area contributed by atoms with Crippen LogP contribution in [0.1, 0.15) is 10.4 Å². The summed E-state index contributed by atoms with van der Waals surface area (Å²) in [7, 11) is 0. The highest BCUT2D eigenvalue weighted by molar-refractivity contribution is 5.78. The van der Waals surface area contributed by atoms with Crippen LogP contribution in [0.25, 0.3) is 0 Å². The Morgan fingerprint density at radius 2 is 2.00 bits per heavy atom. The number of benzene rings is 1. The van der Waals surface area contributed by atoms with Gasteiger partial charge in [0.2, 0.25) is 11.6 Å². The molecule has 0 unspecified atom stereocenters. The van der Waals surface area contributed by atoms with E-state index >= 15 is 0 Å². The van der Waals surface area contributed by atoms with E-state index in [4.69, 9.17) is 4.74 Å². The van der Waals surface area contributed by atoms with Gasteiger partial charge in [-0.15, -0.1) is 0 Å². The maximum atomic E-state index is 10.8. The van der Waals surface area contributed by atoms with Crippen molar-refractivity contribution in [2.75, 3.05) is 0 Å². The number of nitro benzene ring substituents is 1. The SMILES string of the molecule is O=Cc1cccnc1Oc1ccccc1[N+](=O)[O-]. The number of carbonyl (C=O) groups excluding carboxylic acids is 1. The number of pyridine rings is 1. The van der Waals surface area contributed by atoms with Crippen LogP contribution in [0.3, 0.4) is 0 Å². The van der Waals surface area contributed by atoms with Gasteiger partial charge in [0.25, 0.3) is 0 Å². The summed E-state index contributed by atoms with van der Waals surface area (Å²) in [6.07, 6.45) is 2.02. The van der Waals surface area contributed by atoms with E-state index in [-0.39, 0.29) is 22.9 Å². The number of aldehydes is 1. The summed E-state index contributed by atoms with van der Waals surface area (Å²) >= 11 is 0. The second-order valence-electron chi connectivity index (χ2n) is 3.34. The molecule has 0 atom stereocenters. The summed E-state index contributed by atoms with van der Waals surface area (Å²) in [6, 6.07) is 9.00. The minimum atomic E-state index is -0.557. The van der Waals surface area contributed by atoms with Gasteiger partial charge in [0.15, 0.2) is 6.29 Å². The zero-order valence-corrected chi connectivity index (χ0v) is 9.15. The number of para-hydroxylation sites is 2. The third-order valence-electron chi connectivity index (χ3n) is 2.20. The molecule has 1 aromatic carbocycles. The van der Waals surface area contributed by atoms with E-state index in [0.29, 0.717) is 6.29 Å². The van der Waals surface area contributed by atoms with Crippen LogP contribution in [0.2, 0.25) is 0 Å². The van der Waals surface area contributed by atoms with Gasteiger partial charge in [0.05, 0.1) is 10.5 Å². The summed E-state index contributed by atoms with van der Waals surface area (Å²) < 4.78 is 5.31. The molecular weight excluding hydrogens is 236 g/mol.